The average Bonchev–Trinajstić information content (AvgIpc) is 2.52. The third kappa shape index (κ3) is 4.10. The molecule has 2 rings (SSSR count). The van der Waals surface area contributed by atoms with Gasteiger partial charge in [-0.25, -0.2) is 13.5 Å². The van der Waals surface area contributed by atoms with Gasteiger partial charge in [-0.2, -0.15) is 10.1 Å². The summed E-state index contributed by atoms with van der Waals surface area (Å²) in [7, 11) is -3.70. The second kappa shape index (κ2) is 6.85. The molecular weight excluding hydrogens is 346 g/mol. The van der Waals surface area contributed by atoms with Crippen LogP contribution in [-0.4, -0.2) is 36.7 Å². The Kier molecular flexibility index (Phi) is 5.02. The first kappa shape index (κ1) is 18.3. The van der Waals surface area contributed by atoms with Crippen LogP contribution in [0.5, 0.6) is 0 Å². The summed E-state index contributed by atoms with van der Waals surface area (Å²) >= 11 is 0. The maximum absolute atomic E-state index is 12.2. The van der Waals surface area contributed by atoms with E-state index in [-0.39, 0.29) is 21.7 Å². The predicted octanol–water partition coefficient (Wildman–Crippen LogP) is -0.184. The van der Waals surface area contributed by atoms with Gasteiger partial charge in [0.2, 0.25) is 0 Å². The van der Waals surface area contributed by atoms with Gasteiger partial charge in [0.25, 0.3) is 11.5 Å². The van der Waals surface area contributed by atoms with Crippen molar-refractivity contribution in [3.63, 3.8) is 0 Å². The standard InChI is InChI=1S/C15H17N5O4S/c1-3-8-6-10(11-4-5-13(21)20-19-11)12(25(2,23)24)7-9(8)14(22)18-15(16)17/h4-7H,3H2,1-2H3,(H,20,21)(H4,16,17,18,22). The Morgan fingerprint density at radius 1 is 1.28 bits per heavy atom. The van der Waals surface area contributed by atoms with Crippen LogP contribution >= 0.6 is 0 Å². The van der Waals surface area contributed by atoms with E-state index in [0.717, 1.165) is 6.26 Å². The SMILES string of the molecule is CCc1cc(-c2ccc(=O)[nH]n2)c(S(C)(=O)=O)cc1C(=O)N=C(N)N. The van der Waals surface area contributed by atoms with Gasteiger partial charge in [-0.3, -0.25) is 9.59 Å². The van der Waals surface area contributed by atoms with Crippen LogP contribution in [0.25, 0.3) is 11.3 Å². The molecule has 10 heteroatoms. The van der Waals surface area contributed by atoms with Crippen molar-refractivity contribution in [2.75, 3.05) is 6.26 Å². The summed E-state index contributed by atoms with van der Waals surface area (Å²) in [6.07, 6.45) is 1.44. The zero-order valence-corrected chi connectivity index (χ0v) is 14.4. The lowest BCUT2D eigenvalue weighted by molar-refractivity contribution is 0.100. The fourth-order valence-corrected chi connectivity index (χ4v) is 3.19. The van der Waals surface area contributed by atoms with Crippen molar-refractivity contribution in [3.8, 4) is 11.3 Å². The van der Waals surface area contributed by atoms with Crippen LogP contribution in [0, 0.1) is 0 Å². The number of aryl methyl sites for hydroxylation is 1. The van der Waals surface area contributed by atoms with Crippen LogP contribution in [0.4, 0.5) is 0 Å². The van der Waals surface area contributed by atoms with Gasteiger partial charge in [-0.15, -0.1) is 0 Å². The molecule has 0 spiro atoms. The van der Waals surface area contributed by atoms with E-state index in [9.17, 15) is 18.0 Å². The lowest BCUT2D eigenvalue weighted by Gasteiger charge is -2.13. The lowest BCUT2D eigenvalue weighted by atomic mass is 9.99. The normalized spacial score (nSPS) is 11.1. The minimum Gasteiger partial charge on any atom is -0.370 e. The minimum absolute atomic E-state index is 0.0875. The molecule has 1 aromatic carbocycles. The summed E-state index contributed by atoms with van der Waals surface area (Å²) in [4.78, 5) is 26.7. The molecule has 0 atom stereocenters. The van der Waals surface area contributed by atoms with E-state index >= 15 is 0 Å². The lowest BCUT2D eigenvalue weighted by Crippen LogP contribution is -2.24. The Morgan fingerprint density at radius 3 is 2.44 bits per heavy atom. The van der Waals surface area contributed by atoms with E-state index in [1.165, 1.54) is 24.3 Å². The van der Waals surface area contributed by atoms with Crippen molar-refractivity contribution >= 4 is 21.7 Å². The van der Waals surface area contributed by atoms with Gasteiger partial charge in [-0.1, -0.05) is 6.92 Å². The maximum Gasteiger partial charge on any atom is 0.280 e. The molecule has 0 saturated heterocycles. The molecule has 2 aromatic rings. The molecule has 0 fully saturated rings. The highest BCUT2D eigenvalue weighted by Crippen LogP contribution is 2.29. The highest BCUT2D eigenvalue weighted by molar-refractivity contribution is 7.90. The molecule has 1 heterocycles. The minimum atomic E-state index is -3.70. The summed E-state index contributed by atoms with van der Waals surface area (Å²) < 4.78 is 24.4. The van der Waals surface area contributed by atoms with Gasteiger partial charge < -0.3 is 11.5 Å². The fraction of sp³-hybridized carbons (Fsp3) is 0.200. The zero-order valence-electron chi connectivity index (χ0n) is 13.6. The third-order valence-corrected chi connectivity index (χ3v) is 4.54. The van der Waals surface area contributed by atoms with Gasteiger partial charge in [0, 0.05) is 23.4 Å². The molecule has 0 aliphatic carbocycles. The molecule has 0 aliphatic heterocycles. The molecule has 0 unspecified atom stereocenters. The quantitative estimate of drug-likeness (QED) is 0.501. The van der Waals surface area contributed by atoms with Crippen LogP contribution < -0.4 is 17.0 Å². The van der Waals surface area contributed by atoms with Crippen LogP contribution in [0.2, 0.25) is 0 Å². The van der Waals surface area contributed by atoms with Gasteiger partial charge in [-0.05, 0) is 30.2 Å². The first-order valence-electron chi connectivity index (χ1n) is 7.20. The largest absolute Gasteiger partial charge is 0.370 e. The number of benzene rings is 1. The van der Waals surface area contributed by atoms with E-state index in [1.54, 1.807) is 6.92 Å². The van der Waals surface area contributed by atoms with Crippen LogP contribution in [0.3, 0.4) is 0 Å². The Labute approximate surface area is 143 Å². The van der Waals surface area contributed by atoms with Crippen LogP contribution in [0.15, 0.2) is 38.9 Å². The third-order valence-electron chi connectivity index (χ3n) is 3.40. The Bertz CT molecular complexity index is 1000. The number of hydrogen-bond donors (Lipinski definition) is 3. The number of aliphatic imine (C=N–C) groups is 1. The molecule has 0 bridgehead atoms. The van der Waals surface area contributed by atoms with E-state index in [4.69, 9.17) is 11.5 Å². The second-order valence-electron chi connectivity index (χ2n) is 5.28. The highest BCUT2D eigenvalue weighted by Gasteiger charge is 2.22. The zero-order chi connectivity index (χ0) is 18.8. The van der Waals surface area contributed by atoms with Crippen molar-refractivity contribution in [2.45, 2.75) is 18.2 Å². The number of carbonyl (C=O) groups is 1. The predicted molar refractivity (Wildman–Crippen MR) is 92.9 cm³/mol. The molecule has 132 valence electrons. The highest BCUT2D eigenvalue weighted by atomic mass is 32.2. The number of hydrogen-bond acceptors (Lipinski definition) is 5. The number of aromatic nitrogens is 2. The Hall–Kier alpha value is -3.01. The topological polar surface area (TPSA) is 161 Å². The number of nitrogens with two attached hydrogens (primary N) is 2. The first-order chi connectivity index (χ1) is 11.6. The molecule has 1 aromatic heterocycles. The number of guanidine groups is 1. The van der Waals surface area contributed by atoms with E-state index in [1.807, 2.05) is 0 Å². The summed E-state index contributed by atoms with van der Waals surface area (Å²) in [6, 6.07) is 5.40. The van der Waals surface area contributed by atoms with Gasteiger partial charge in [0.1, 0.15) is 0 Å². The summed E-state index contributed by atoms with van der Waals surface area (Å²) in [5, 5.41) is 6.12. The molecule has 9 nitrogen and oxygen atoms in total. The van der Waals surface area contributed by atoms with E-state index in [2.05, 4.69) is 15.2 Å². The molecule has 25 heavy (non-hydrogen) atoms. The molecule has 1 amide bonds. The molecule has 0 aliphatic rings. The number of nitrogens with zero attached hydrogens (tertiary/aromatic N) is 2. The number of carbonyl (C=O) groups excluding carboxylic acids is 1. The van der Waals surface area contributed by atoms with Crippen molar-refractivity contribution in [1.29, 1.82) is 0 Å². The molecular formula is C15H17N5O4S. The summed E-state index contributed by atoms with van der Waals surface area (Å²) in [6.45, 7) is 1.80. The van der Waals surface area contributed by atoms with Crippen molar-refractivity contribution < 1.29 is 13.2 Å². The number of nitrogens with one attached hydrogen (secondary N) is 1. The average molecular weight is 363 g/mol. The fourth-order valence-electron chi connectivity index (χ4n) is 2.30. The number of rotatable bonds is 4. The molecule has 5 N–H and O–H groups in total. The maximum atomic E-state index is 12.2. The summed E-state index contributed by atoms with van der Waals surface area (Å²) in [5.41, 5.74) is 11.2. The monoisotopic (exact) mass is 363 g/mol. The van der Waals surface area contributed by atoms with Crippen molar-refractivity contribution in [3.05, 3.63) is 45.7 Å². The van der Waals surface area contributed by atoms with Gasteiger partial charge in [0.15, 0.2) is 15.8 Å². The van der Waals surface area contributed by atoms with E-state index in [0.29, 0.717) is 12.0 Å². The Morgan fingerprint density at radius 2 is 1.96 bits per heavy atom. The van der Waals surface area contributed by atoms with Crippen LogP contribution in [0.1, 0.15) is 22.8 Å². The Balaban J connectivity index is 2.81. The molecule has 0 radical (unpaired) electrons. The molecule has 0 saturated carbocycles. The number of aromatic amines is 1. The number of H-pyrrole nitrogens is 1. The second-order valence-corrected chi connectivity index (χ2v) is 7.26. The van der Waals surface area contributed by atoms with E-state index < -0.39 is 27.3 Å². The number of amides is 1. The van der Waals surface area contributed by atoms with Crippen LogP contribution in [-0.2, 0) is 16.3 Å². The summed E-state index contributed by atoms with van der Waals surface area (Å²) in [5.74, 6) is -1.15. The van der Waals surface area contributed by atoms with Crippen molar-refractivity contribution in [2.24, 2.45) is 16.5 Å². The van der Waals surface area contributed by atoms with Gasteiger partial charge >= 0.3 is 0 Å². The smallest absolute Gasteiger partial charge is 0.280 e. The van der Waals surface area contributed by atoms with Gasteiger partial charge in [0.05, 0.1) is 10.6 Å². The first-order valence-corrected chi connectivity index (χ1v) is 9.09. The van der Waals surface area contributed by atoms with Crippen molar-refractivity contribution in [1.82, 2.24) is 10.2 Å². The number of sulfone groups is 1.